The molecule has 0 unspecified atom stereocenters. The summed E-state index contributed by atoms with van der Waals surface area (Å²) in [4.78, 5) is 24.2. The van der Waals surface area contributed by atoms with E-state index in [1.807, 2.05) is 6.07 Å². The molecule has 0 spiro atoms. The standard InChI is InChI=1S/C26H27N3O7S/c1-34-23-14-13-22(15-24(23)35-2)37(32,33)29(17-20-7-5-4-6-8-20)18-25(30)28-27-16-19-9-11-21(12-10-19)26(31)36-3/h4-16H,17-18H2,1-3H3,(H,28,30)/b27-16+. The van der Waals surface area contributed by atoms with Crippen LogP contribution in [0.25, 0.3) is 0 Å². The van der Waals surface area contributed by atoms with Crippen molar-refractivity contribution in [1.29, 1.82) is 0 Å². The van der Waals surface area contributed by atoms with Gasteiger partial charge in [0.25, 0.3) is 5.91 Å². The van der Waals surface area contributed by atoms with Crippen molar-refractivity contribution >= 4 is 28.1 Å². The van der Waals surface area contributed by atoms with Crippen LogP contribution in [0.5, 0.6) is 11.5 Å². The Labute approximate surface area is 215 Å². The van der Waals surface area contributed by atoms with Crippen molar-refractivity contribution in [3.63, 3.8) is 0 Å². The second kappa shape index (κ2) is 12.7. The quantitative estimate of drug-likeness (QED) is 0.232. The first-order valence-electron chi connectivity index (χ1n) is 11.0. The van der Waals surface area contributed by atoms with Crippen molar-refractivity contribution in [2.45, 2.75) is 11.4 Å². The molecular weight excluding hydrogens is 498 g/mol. The number of sulfonamides is 1. The lowest BCUT2D eigenvalue weighted by molar-refractivity contribution is -0.121. The normalized spacial score (nSPS) is 11.4. The molecule has 3 rings (SSSR count). The van der Waals surface area contributed by atoms with E-state index in [2.05, 4.69) is 15.3 Å². The molecule has 11 heteroatoms. The van der Waals surface area contributed by atoms with Crippen LogP contribution in [0.15, 0.2) is 82.8 Å². The predicted octanol–water partition coefficient (Wildman–Crippen LogP) is 2.83. The van der Waals surface area contributed by atoms with Crippen LogP contribution in [0.2, 0.25) is 0 Å². The van der Waals surface area contributed by atoms with Crippen molar-refractivity contribution in [3.8, 4) is 11.5 Å². The number of hydrogen-bond donors (Lipinski definition) is 1. The lowest BCUT2D eigenvalue weighted by Gasteiger charge is -2.22. The summed E-state index contributed by atoms with van der Waals surface area (Å²) in [6.45, 7) is -0.520. The van der Waals surface area contributed by atoms with Crippen LogP contribution >= 0.6 is 0 Å². The summed E-state index contributed by atoms with van der Waals surface area (Å²) < 4.78 is 43.2. The van der Waals surface area contributed by atoms with Crippen LogP contribution in [0, 0.1) is 0 Å². The molecule has 0 heterocycles. The van der Waals surface area contributed by atoms with E-state index >= 15 is 0 Å². The summed E-state index contributed by atoms with van der Waals surface area (Å²) in [6, 6.07) is 19.5. The van der Waals surface area contributed by atoms with Crippen molar-refractivity contribution in [2.24, 2.45) is 5.10 Å². The molecule has 0 fully saturated rings. The average Bonchev–Trinajstić information content (AvgIpc) is 2.92. The number of ether oxygens (including phenoxy) is 3. The third kappa shape index (κ3) is 7.15. The van der Waals surface area contributed by atoms with Crippen LogP contribution in [-0.2, 0) is 26.1 Å². The first-order valence-corrected chi connectivity index (χ1v) is 12.5. The number of methoxy groups -OCH3 is 3. The van der Waals surface area contributed by atoms with Crippen LogP contribution in [0.1, 0.15) is 21.5 Å². The monoisotopic (exact) mass is 525 g/mol. The number of hydrazone groups is 1. The number of esters is 1. The van der Waals surface area contributed by atoms with E-state index in [9.17, 15) is 18.0 Å². The third-order valence-corrected chi connectivity index (χ3v) is 7.04. The van der Waals surface area contributed by atoms with Crippen LogP contribution in [0.3, 0.4) is 0 Å². The summed E-state index contributed by atoms with van der Waals surface area (Å²) in [6.07, 6.45) is 1.38. The topological polar surface area (TPSA) is 124 Å². The van der Waals surface area contributed by atoms with E-state index < -0.39 is 28.4 Å². The molecule has 0 saturated carbocycles. The van der Waals surface area contributed by atoms with E-state index in [1.54, 1.807) is 48.5 Å². The van der Waals surface area contributed by atoms with Gasteiger partial charge in [0.15, 0.2) is 11.5 Å². The molecule has 3 aromatic rings. The summed E-state index contributed by atoms with van der Waals surface area (Å²) in [7, 11) is 0.0457. The smallest absolute Gasteiger partial charge is 0.337 e. The lowest BCUT2D eigenvalue weighted by Crippen LogP contribution is -2.39. The predicted molar refractivity (Wildman–Crippen MR) is 137 cm³/mol. The molecule has 0 bridgehead atoms. The molecule has 0 aromatic heterocycles. The van der Waals surface area contributed by atoms with E-state index in [-0.39, 0.29) is 17.2 Å². The molecule has 3 aromatic carbocycles. The van der Waals surface area contributed by atoms with Crippen molar-refractivity contribution in [1.82, 2.24) is 9.73 Å². The maximum absolute atomic E-state index is 13.5. The maximum Gasteiger partial charge on any atom is 0.337 e. The van der Waals surface area contributed by atoms with Gasteiger partial charge in [-0.1, -0.05) is 42.5 Å². The minimum Gasteiger partial charge on any atom is -0.493 e. The maximum atomic E-state index is 13.5. The van der Waals surface area contributed by atoms with Crippen molar-refractivity contribution in [3.05, 3.63) is 89.5 Å². The number of benzene rings is 3. The number of carbonyl (C=O) groups is 2. The Morgan fingerprint density at radius 1 is 0.919 bits per heavy atom. The van der Waals surface area contributed by atoms with E-state index in [0.29, 0.717) is 22.4 Å². The minimum absolute atomic E-state index is 0.0381. The Bertz CT molecular complexity index is 1360. The highest BCUT2D eigenvalue weighted by Gasteiger charge is 2.28. The van der Waals surface area contributed by atoms with Gasteiger partial charge in [0.2, 0.25) is 10.0 Å². The molecule has 0 aliphatic carbocycles. The molecule has 194 valence electrons. The number of carbonyl (C=O) groups excluding carboxylic acids is 2. The zero-order valence-electron chi connectivity index (χ0n) is 20.6. The van der Waals surface area contributed by atoms with Gasteiger partial charge in [0.05, 0.1) is 44.5 Å². The third-order valence-electron chi connectivity index (χ3n) is 5.25. The Kier molecular flexibility index (Phi) is 9.36. The number of nitrogens with one attached hydrogen (secondary N) is 1. The van der Waals surface area contributed by atoms with Gasteiger partial charge in [-0.25, -0.2) is 18.6 Å². The molecule has 0 atom stereocenters. The summed E-state index contributed by atoms with van der Waals surface area (Å²) in [5.41, 5.74) is 4.04. The van der Waals surface area contributed by atoms with Gasteiger partial charge in [-0.2, -0.15) is 9.41 Å². The molecule has 37 heavy (non-hydrogen) atoms. The zero-order valence-corrected chi connectivity index (χ0v) is 21.4. The fourth-order valence-corrected chi connectivity index (χ4v) is 4.74. The summed E-state index contributed by atoms with van der Waals surface area (Å²) in [5.74, 6) is -0.480. The van der Waals surface area contributed by atoms with Gasteiger partial charge in [-0.15, -0.1) is 0 Å². The fraction of sp³-hybridized carbons (Fsp3) is 0.192. The lowest BCUT2D eigenvalue weighted by atomic mass is 10.1. The Hall–Kier alpha value is -4.22. The first kappa shape index (κ1) is 27.4. The second-order valence-corrected chi connectivity index (χ2v) is 9.62. The van der Waals surface area contributed by atoms with Gasteiger partial charge in [-0.3, -0.25) is 4.79 Å². The Balaban J connectivity index is 1.78. The zero-order chi connectivity index (χ0) is 26.8. The van der Waals surface area contributed by atoms with Gasteiger partial charge < -0.3 is 14.2 Å². The fourth-order valence-electron chi connectivity index (χ4n) is 3.34. The molecule has 1 amide bonds. The Morgan fingerprint density at radius 2 is 1.59 bits per heavy atom. The van der Waals surface area contributed by atoms with Gasteiger partial charge in [0.1, 0.15) is 0 Å². The minimum atomic E-state index is -4.10. The molecule has 0 aliphatic rings. The molecule has 1 N–H and O–H groups in total. The van der Waals surface area contributed by atoms with E-state index in [4.69, 9.17) is 9.47 Å². The number of nitrogens with zero attached hydrogens (tertiary/aromatic N) is 2. The highest BCUT2D eigenvalue weighted by atomic mass is 32.2. The van der Waals surface area contributed by atoms with E-state index in [1.165, 1.54) is 45.7 Å². The number of hydrogen-bond acceptors (Lipinski definition) is 8. The first-order chi connectivity index (χ1) is 17.8. The number of amides is 1. The largest absolute Gasteiger partial charge is 0.493 e. The molecular formula is C26H27N3O7S. The second-order valence-electron chi connectivity index (χ2n) is 7.68. The van der Waals surface area contributed by atoms with E-state index in [0.717, 1.165) is 4.31 Å². The molecule has 0 aliphatic heterocycles. The Morgan fingerprint density at radius 3 is 2.22 bits per heavy atom. The van der Waals surface area contributed by atoms with Gasteiger partial charge >= 0.3 is 5.97 Å². The molecule has 0 saturated heterocycles. The van der Waals surface area contributed by atoms with Gasteiger partial charge in [-0.05, 0) is 35.4 Å². The van der Waals surface area contributed by atoms with Crippen LogP contribution in [0.4, 0.5) is 0 Å². The summed E-state index contributed by atoms with van der Waals surface area (Å²) >= 11 is 0. The molecule has 0 radical (unpaired) electrons. The summed E-state index contributed by atoms with van der Waals surface area (Å²) in [5, 5.41) is 3.90. The highest BCUT2D eigenvalue weighted by molar-refractivity contribution is 7.89. The van der Waals surface area contributed by atoms with Crippen molar-refractivity contribution < 1.29 is 32.2 Å². The van der Waals surface area contributed by atoms with Crippen LogP contribution < -0.4 is 14.9 Å². The number of rotatable bonds is 11. The average molecular weight is 526 g/mol. The SMILES string of the molecule is COC(=O)c1ccc(/C=N/NC(=O)CN(Cc2ccccc2)S(=O)(=O)c2ccc(OC)c(OC)c2)cc1. The van der Waals surface area contributed by atoms with Crippen molar-refractivity contribution in [2.75, 3.05) is 27.9 Å². The van der Waals surface area contributed by atoms with Gasteiger partial charge in [0, 0.05) is 12.6 Å². The van der Waals surface area contributed by atoms with Crippen LogP contribution in [-0.4, -0.2) is 58.7 Å². The highest BCUT2D eigenvalue weighted by Crippen LogP contribution is 2.31. The molecule has 10 nitrogen and oxygen atoms in total.